The molecule has 154 valence electrons. The van der Waals surface area contributed by atoms with Gasteiger partial charge in [-0.15, -0.1) is 0 Å². The maximum absolute atomic E-state index is 14.5. The first-order chi connectivity index (χ1) is 14.5. The minimum Gasteiger partial charge on any atom is -0.489 e. The molecule has 0 aliphatic rings. The SMILES string of the molecule is N#Cc1ccc(OCc2ccsc2)cc1OC(CCC(=O)O)c1c(F)cccc1Cl. The van der Waals surface area contributed by atoms with E-state index in [1.54, 1.807) is 17.4 Å². The molecule has 30 heavy (non-hydrogen) atoms. The molecule has 1 aromatic heterocycles. The summed E-state index contributed by atoms with van der Waals surface area (Å²) in [6.07, 6.45) is -1.28. The fourth-order valence-electron chi connectivity index (χ4n) is 2.81. The molecule has 1 unspecified atom stereocenters. The van der Waals surface area contributed by atoms with Crippen molar-refractivity contribution < 1.29 is 23.8 Å². The van der Waals surface area contributed by atoms with E-state index in [9.17, 15) is 14.4 Å². The molecule has 0 aliphatic heterocycles. The summed E-state index contributed by atoms with van der Waals surface area (Å²) < 4.78 is 26.1. The number of rotatable bonds is 9. The number of carboxylic acid groups (broad SMARTS) is 1. The lowest BCUT2D eigenvalue weighted by Gasteiger charge is -2.22. The zero-order valence-corrected chi connectivity index (χ0v) is 17.3. The standard InChI is InChI=1S/C22H17ClFNO4S/c23-17-2-1-3-18(24)22(17)19(6-7-21(26)27)29-20-10-16(5-4-15(20)11-25)28-12-14-8-9-30-13-14/h1-5,8-10,13,19H,6-7,12H2,(H,26,27). The highest BCUT2D eigenvalue weighted by molar-refractivity contribution is 7.07. The lowest BCUT2D eigenvalue weighted by atomic mass is 10.0. The van der Waals surface area contributed by atoms with Crippen LogP contribution in [-0.2, 0) is 11.4 Å². The topological polar surface area (TPSA) is 79.5 Å². The smallest absolute Gasteiger partial charge is 0.303 e. The molecule has 0 saturated carbocycles. The molecule has 3 rings (SSSR count). The van der Waals surface area contributed by atoms with Crippen LogP contribution in [0.2, 0.25) is 5.02 Å². The van der Waals surface area contributed by atoms with Crippen LogP contribution in [0, 0.1) is 17.1 Å². The number of hydrogen-bond acceptors (Lipinski definition) is 5. The van der Waals surface area contributed by atoms with Crippen LogP contribution in [0.25, 0.3) is 0 Å². The number of carbonyl (C=O) groups is 1. The first-order valence-electron chi connectivity index (χ1n) is 8.98. The Balaban J connectivity index is 1.89. The van der Waals surface area contributed by atoms with Crippen molar-refractivity contribution in [3.8, 4) is 17.6 Å². The quantitative estimate of drug-likeness (QED) is 0.438. The van der Waals surface area contributed by atoms with E-state index in [1.165, 1.54) is 30.3 Å². The van der Waals surface area contributed by atoms with Crippen molar-refractivity contribution in [3.63, 3.8) is 0 Å². The van der Waals surface area contributed by atoms with Crippen LogP contribution in [0.4, 0.5) is 4.39 Å². The van der Waals surface area contributed by atoms with Crippen LogP contribution in [0.1, 0.15) is 35.6 Å². The fraction of sp³-hybridized carbons (Fsp3) is 0.182. The van der Waals surface area contributed by atoms with Crippen molar-refractivity contribution in [1.82, 2.24) is 0 Å². The second-order valence-corrected chi connectivity index (χ2v) is 7.55. The average Bonchev–Trinajstić information content (AvgIpc) is 3.24. The Morgan fingerprint density at radius 3 is 2.80 bits per heavy atom. The summed E-state index contributed by atoms with van der Waals surface area (Å²) in [4.78, 5) is 11.1. The number of carboxylic acids is 1. The van der Waals surface area contributed by atoms with Crippen LogP contribution in [0.5, 0.6) is 11.5 Å². The third kappa shape index (κ3) is 5.50. The van der Waals surface area contributed by atoms with Gasteiger partial charge in [0.05, 0.1) is 10.6 Å². The second-order valence-electron chi connectivity index (χ2n) is 6.36. The molecule has 3 aromatic rings. The maximum atomic E-state index is 14.5. The first kappa shape index (κ1) is 21.6. The van der Waals surface area contributed by atoms with Crippen molar-refractivity contribution >= 4 is 28.9 Å². The molecule has 0 fully saturated rings. The van der Waals surface area contributed by atoms with Gasteiger partial charge < -0.3 is 14.6 Å². The van der Waals surface area contributed by atoms with Crippen molar-refractivity contribution in [2.24, 2.45) is 0 Å². The molecule has 1 atom stereocenters. The monoisotopic (exact) mass is 445 g/mol. The van der Waals surface area contributed by atoms with Crippen LogP contribution in [-0.4, -0.2) is 11.1 Å². The highest BCUT2D eigenvalue weighted by atomic mass is 35.5. The van der Waals surface area contributed by atoms with Gasteiger partial charge in [-0.2, -0.15) is 16.6 Å². The lowest BCUT2D eigenvalue weighted by molar-refractivity contribution is -0.137. The van der Waals surface area contributed by atoms with Gasteiger partial charge in [-0.3, -0.25) is 4.79 Å². The van der Waals surface area contributed by atoms with E-state index in [1.807, 2.05) is 22.9 Å². The van der Waals surface area contributed by atoms with E-state index in [0.29, 0.717) is 12.4 Å². The average molecular weight is 446 g/mol. The van der Waals surface area contributed by atoms with Gasteiger partial charge >= 0.3 is 5.97 Å². The molecule has 1 N–H and O–H groups in total. The van der Waals surface area contributed by atoms with Crippen molar-refractivity contribution in [1.29, 1.82) is 5.26 Å². The molecular formula is C22H17ClFNO4S. The molecule has 0 amide bonds. The third-order valence-corrected chi connectivity index (χ3v) is 5.33. The molecule has 0 aliphatic carbocycles. The highest BCUT2D eigenvalue weighted by Gasteiger charge is 2.23. The van der Waals surface area contributed by atoms with E-state index in [2.05, 4.69) is 0 Å². The van der Waals surface area contributed by atoms with Gasteiger partial charge in [0.1, 0.15) is 36.1 Å². The summed E-state index contributed by atoms with van der Waals surface area (Å²) in [6.45, 7) is 0.344. The predicted octanol–water partition coefficient (Wildman–Crippen LogP) is 5.98. The minimum absolute atomic E-state index is 0.0269. The lowest BCUT2D eigenvalue weighted by Crippen LogP contribution is -2.13. The molecule has 0 saturated heterocycles. The van der Waals surface area contributed by atoms with E-state index in [-0.39, 0.29) is 34.7 Å². The van der Waals surface area contributed by atoms with Gasteiger partial charge in [0.2, 0.25) is 0 Å². The van der Waals surface area contributed by atoms with Crippen LogP contribution >= 0.6 is 22.9 Å². The first-order valence-corrected chi connectivity index (χ1v) is 10.3. The number of nitrogens with zero attached hydrogens (tertiary/aromatic N) is 1. The van der Waals surface area contributed by atoms with Gasteiger partial charge in [-0.1, -0.05) is 17.7 Å². The van der Waals surface area contributed by atoms with E-state index in [0.717, 1.165) is 5.56 Å². The molecule has 2 aromatic carbocycles. The molecular weight excluding hydrogens is 429 g/mol. The number of halogens is 2. The maximum Gasteiger partial charge on any atom is 0.303 e. The Morgan fingerprint density at radius 2 is 2.13 bits per heavy atom. The largest absolute Gasteiger partial charge is 0.489 e. The fourth-order valence-corrected chi connectivity index (χ4v) is 3.75. The number of hydrogen-bond donors (Lipinski definition) is 1. The summed E-state index contributed by atoms with van der Waals surface area (Å²) >= 11 is 7.72. The van der Waals surface area contributed by atoms with Gasteiger partial charge in [0.25, 0.3) is 0 Å². The van der Waals surface area contributed by atoms with Gasteiger partial charge in [-0.25, -0.2) is 4.39 Å². The molecule has 0 spiro atoms. The summed E-state index contributed by atoms with van der Waals surface area (Å²) in [6, 6.07) is 12.9. The summed E-state index contributed by atoms with van der Waals surface area (Å²) in [5.41, 5.74) is 1.27. The number of thiophene rings is 1. The molecule has 0 radical (unpaired) electrons. The molecule has 8 heteroatoms. The number of ether oxygens (including phenoxy) is 2. The van der Waals surface area contributed by atoms with Gasteiger partial charge in [0.15, 0.2) is 0 Å². The molecule has 5 nitrogen and oxygen atoms in total. The van der Waals surface area contributed by atoms with Crippen molar-refractivity contribution in [2.75, 3.05) is 0 Å². The Morgan fingerprint density at radius 1 is 1.30 bits per heavy atom. The van der Waals surface area contributed by atoms with Crippen LogP contribution in [0.15, 0.2) is 53.2 Å². The Labute approximate surface area is 181 Å². The highest BCUT2D eigenvalue weighted by Crippen LogP contribution is 2.35. The van der Waals surface area contributed by atoms with E-state index >= 15 is 0 Å². The number of nitriles is 1. The number of aliphatic carboxylic acids is 1. The van der Waals surface area contributed by atoms with Gasteiger partial charge in [0, 0.05) is 18.1 Å². The minimum atomic E-state index is -1.05. The Kier molecular flexibility index (Phi) is 7.28. The van der Waals surface area contributed by atoms with Crippen LogP contribution in [0.3, 0.4) is 0 Å². The van der Waals surface area contributed by atoms with Crippen molar-refractivity contribution in [3.05, 3.63) is 80.8 Å². The molecule has 1 heterocycles. The van der Waals surface area contributed by atoms with E-state index in [4.69, 9.17) is 26.2 Å². The van der Waals surface area contributed by atoms with Crippen molar-refractivity contribution in [2.45, 2.75) is 25.6 Å². The summed E-state index contributed by atoms with van der Waals surface area (Å²) in [5.74, 6) is -1.03. The van der Waals surface area contributed by atoms with E-state index < -0.39 is 17.9 Å². The second kappa shape index (κ2) is 10.1. The number of benzene rings is 2. The Bertz CT molecular complexity index is 1050. The summed E-state index contributed by atoms with van der Waals surface area (Å²) in [5, 5.41) is 22.5. The molecule has 0 bridgehead atoms. The van der Waals surface area contributed by atoms with Crippen LogP contribution < -0.4 is 9.47 Å². The zero-order valence-electron chi connectivity index (χ0n) is 15.7. The predicted molar refractivity (Wildman–Crippen MR) is 111 cm³/mol. The van der Waals surface area contributed by atoms with Gasteiger partial charge in [-0.05, 0) is 53.1 Å². The normalized spacial score (nSPS) is 11.5. The zero-order chi connectivity index (χ0) is 21.5. The summed E-state index contributed by atoms with van der Waals surface area (Å²) in [7, 11) is 0. The third-order valence-electron chi connectivity index (χ3n) is 4.27. The Hall–Kier alpha value is -3.08.